The molecule has 0 bridgehead atoms. The van der Waals surface area contributed by atoms with Gasteiger partial charge < -0.3 is 20.4 Å². The maximum Gasteiger partial charge on any atom is 0.319 e. The first-order chi connectivity index (χ1) is 14.9. The van der Waals surface area contributed by atoms with E-state index in [2.05, 4.69) is 15.5 Å². The van der Waals surface area contributed by atoms with E-state index in [-0.39, 0.29) is 23.9 Å². The Morgan fingerprint density at radius 1 is 0.903 bits per heavy atom. The highest BCUT2D eigenvalue weighted by molar-refractivity contribution is 5.97. The third kappa shape index (κ3) is 6.95. The van der Waals surface area contributed by atoms with E-state index in [9.17, 15) is 14.4 Å². The Hall–Kier alpha value is -2.61. The molecule has 0 unspecified atom stereocenters. The van der Waals surface area contributed by atoms with E-state index < -0.39 is 0 Å². The minimum atomic E-state index is -0.290. The van der Waals surface area contributed by atoms with Gasteiger partial charge in [-0.25, -0.2) is 4.79 Å². The number of nitrogens with zero attached hydrogens (tertiary/aromatic N) is 3. The Balaban J connectivity index is 1.49. The topological polar surface area (TPSA) is 85.0 Å². The summed E-state index contributed by atoms with van der Waals surface area (Å²) in [6.45, 7) is 8.54. The summed E-state index contributed by atoms with van der Waals surface area (Å²) in [6.07, 6.45) is 4.62. The van der Waals surface area contributed by atoms with Gasteiger partial charge in [-0.15, -0.1) is 0 Å². The Kier molecular flexibility index (Phi) is 8.28. The minimum Gasteiger partial charge on any atom is -0.342 e. The van der Waals surface area contributed by atoms with E-state index >= 15 is 0 Å². The molecule has 0 spiro atoms. The number of nitrogens with one attached hydrogen (secondary N) is 2. The summed E-state index contributed by atoms with van der Waals surface area (Å²) in [6, 6.07) is 6.76. The number of piperazine rings is 1. The highest BCUT2D eigenvalue weighted by Crippen LogP contribution is 2.15. The largest absolute Gasteiger partial charge is 0.342 e. The zero-order chi connectivity index (χ0) is 22.2. The number of anilines is 1. The van der Waals surface area contributed by atoms with E-state index in [1.807, 2.05) is 23.6 Å². The van der Waals surface area contributed by atoms with Crippen LogP contribution in [0.25, 0.3) is 0 Å². The summed E-state index contributed by atoms with van der Waals surface area (Å²) in [7, 11) is 0. The third-order valence-electron chi connectivity index (χ3n) is 5.76. The predicted octanol–water partition coefficient (Wildman–Crippen LogP) is 2.38. The van der Waals surface area contributed by atoms with Crippen LogP contribution in [-0.4, -0.2) is 84.4 Å². The summed E-state index contributed by atoms with van der Waals surface area (Å²) >= 11 is 0. The van der Waals surface area contributed by atoms with Crippen LogP contribution in [0, 0.1) is 0 Å². The van der Waals surface area contributed by atoms with Gasteiger partial charge in [-0.2, -0.15) is 0 Å². The lowest BCUT2D eigenvalue weighted by molar-refractivity contribution is -0.132. The van der Waals surface area contributed by atoms with Crippen molar-refractivity contribution in [2.24, 2.45) is 0 Å². The lowest BCUT2D eigenvalue weighted by atomic mass is 10.1. The number of urea groups is 1. The molecular weight excluding hydrogens is 394 g/mol. The van der Waals surface area contributed by atoms with Crippen molar-refractivity contribution in [3.05, 3.63) is 29.8 Å². The van der Waals surface area contributed by atoms with Crippen molar-refractivity contribution in [2.75, 3.05) is 51.1 Å². The van der Waals surface area contributed by atoms with Gasteiger partial charge in [-0.05, 0) is 44.9 Å². The van der Waals surface area contributed by atoms with Gasteiger partial charge in [0, 0.05) is 56.6 Å². The number of likely N-dealkylation sites (tertiary alicyclic amines) is 1. The first-order valence-corrected chi connectivity index (χ1v) is 11.4. The second-order valence-electron chi connectivity index (χ2n) is 8.70. The zero-order valence-corrected chi connectivity index (χ0v) is 18.7. The van der Waals surface area contributed by atoms with E-state index in [0.29, 0.717) is 44.0 Å². The Morgan fingerprint density at radius 2 is 1.58 bits per heavy atom. The molecule has 2 aliphatic rings. The molecule has 3 rings (SSSR count). The smallest absolute Gasteiger partial charge is 0.319 e. The van der Waals surface area contributed by atoms with Crippen molar-refractivity contribution in [2.45, 2.75) is 45.6 Å². The average Bonchev–Trinajstić information content (AvgIpc) is 3.03. The van der Waals surface area contributed by atoms with Crippen molar-refractivity contribution in [1.29, 1.82) is 0 Å². The average molecular weight is 430 g/mol. The normalized spacial score (nSPS) is 17.9. The first kappa shape index (κ1) is 23.1. The van der Waals surface area contributed by atoms with Crippen LogP contribution in [0.5, 0.6) is 0 Å². The van der Waals surface area contributed by atoms with Gasteiger partial charge in [0.1, 0.15) is 0 Å². The molecule has 0 aliphatic carbocycles. The quantitative estimate of drug-likeness (QED) is 0.753. The zero-order valence-electron chi connectivity index (χ0n) is 18.7. The molecule has 2 N–H and O–H groups in total. The van der Waals surface area contributed by atoms with Gasteiger partial charge in [0.25, 0.3) is 5.91 Å². The Labute approximate surface area is 184 Å². The lowest BCUT2D eigenvalue weighted by Crippen LogP contribution is -2.51. The van der Waals surface area contributed by atoms with Gasteiger partial charge in [-0.3, -0.25) is 14.5 Å². The summed E-state index contributed by atoms with van der Waals surface area (Å²) in [5.74, 6) is 0.159. The minimum absolute atomic E-state index is 0.0346. The van der Waals surface area contributed by atoms with Crippen molar-refractivity contribution < 1.29 is 14.4 Å². The van der Waals surface area contributed by atoms with E-state index in [1.165, 1.54) is 12.8 Å². The second kappa shape index (κ2) is 11.1. The maximum atomic E-state index is 12.9. The van der Waals surface area contributed by atoms with Crippen LogP contribution < -0.4 is 10.6 Å². The molecule has 1 aromatic rings. The number of carbonyl (C=O) groups is 3. The summed E-state index contributed by atoms with van der Waals surface area (Å²) in [4.78, 5) is 43.4. The van der Waals surface area contributed by atoms with Crippen LogP contribution in [0.1, 0.15) is 49.9 Å². The number of rotatable bonds is 5. The number of hydrogen-bond donors (Lipinski definition) is 2. The van der Waals surface area contributed by atoms with Crippen LogP contribution >= 0.6 is 0 Å². The van der Waals surface area contributed by atoms with Crippen LogP contribution in [0.15, 0.2) is 24.3 Å². The lowest BCUT2D eigenvalue weighted by Gasteiger charge is -2.35. The van der Waals surface area contributed by atoms with Gasteiger partial charge in [0.05, 0.1) is 6.54 Å². The predicted molar refractivity (Wildman–Crippen MR) is 121 cm³/mol. The van der Waals surface area contributed by atoms with Crippen LogP contribution in [-0.2, 0) is 4.79 Å². The number of hydrogen-bond acceptors (Lipinski definition) is 4. The van der Waals surface area contributed by atoms with E-state index in [1.54, 1.807) is 24.3 Å². The van der Waals surface area contributed by atoms with Gasteiger partial charge in [-0.1, -0.05) is 18.9 Å². The second-order valence-corrected chi connectivity index (χ2v) is 8.70. The molecule has 170 valence electrons. The molecule has 8 heteroatoms. The third-order valence-corrected chi connectivity index (χ3v) is 5.76. The molecule has 31 heavy (non-hydrogen) atoms. The van der Waals surface area contributed by atoms with E-state index in [4.69, 9.17) is 0 Å². The van der Waals surface area contributed by atoms with Crippen molar-refractivity contribution in [3.63, 3.8) is 0 Å². The Bertz CT molecular complexity index is 766. The molecule has 0 radical (unpaired) electrons. The number of benzene rings is 1. The fourth-order valence-electron chi connectivity index (χ4n) is 4.06. The fraction of sp³-hybridized carbons (Fsp3) is 0.609. The van der Waals surface area contributed by atoms with E-state index in [0.717, 1.165) is 25.9 Å². The van der Waals surface area contributed by atoms with Crippen LogP contribution in [0.2, 0.25) is 0 Å². The maximum absolute atomic E-state index is 12.9. The molecule has 8 nitrogen and oxygen atoms in total. The summed E-state index contributed by atoms with van der Waals surface area (Å²) in [5, 5.41) is 5.53. The summed E-state index contributed by atoms with van der Waals surface area (Å²) < 4.78 is 0. The number of carbonyl (C=O) groups excluding carboxylic acids is 3. The SMILES string of the molecule is CC(C)NC(=O)Nc1cccc(C(=O)N2CCN(CC(=O)N3CCCCCC3)CC2)c1. The standard InChI is InChI=1S/C23H35N5O3/c1-18(2)24-23(31)25-20-9-7-8-19(16-20)22(30)28-14-12-26(13-15-28)17-21(29)27-10-5-3-4-6-11-27/h7-9,16,18H,3-6,10-15,17H2,1-2H3,(H2,24,25,31). The highest BCUT2D eigenvalue weighted by Gasteiger charge is 2.25. The molecule has 0 saturated carbocycles. The molecular formula is C23H35N5O3. The van der Waals surface area contributed by atoms with Gasteiger partial charge >= 0.3 is 6.03 Å². The van der Waals surface area contributed by atoms with Crippen molar-refractivity contribution in [1.82, 2.24) is 20.0 Å². The summed E-state index contributed by atoms with van der Waals surface area (Å²) in [5.41, 5.74) is 1.14. The van der Waals surface area contributed by atoms with Crippen molar-refractivity contribution in [3.8, 4) is 0 Å². The molecule has 2 aliphatic heterocycles. The highest BCUT2D eigenvalue weighted by atomic mass is 16.2. The molecule has 0 atom stereocenters. The molecule has 2 heterocycles. The van der Waals surface area contributed by atoms with Gasteiger partial charge in [0.2, 0.25) is 5.91 Å². The molecule has 2 fully saturated rings. The molecule has 0 aromatic heterocycles. The Morgan fingerprint density at radius 3 is 2.23 bits per heavy atom. The van der Waals surface area contributed by atoms with Crippen LogP contribution in [0.3, 0.4) is 0 Å². The van der Waals surface area contributed by atoms with Crippen LogP contribution in [0.4, 0.5) is 10.5 Å². The molecule has 1 aromatic carbocycles. The molecule has 4 amide bonds. The van der Waals surface area contributed by atoms with Gasteiger partial charge in [0.15, 0.2) is 0 Å². The first-order valence-electron chi connectivity index (χ1n) is 11.4. The van der Waals surface area contributed by atoms with Crippen molar-refractivity contribution >= 4 is 23.5 Å². The monoisotopic (exact) mass is 429 g/mol. The fourth-order valence-corrected chi connectivity index (χ4v) is 4.06. The molecule has 2 saturated heterocycles. The number of amides is 4.